The van der Waals surface area contributed by atoms with Crippen LogP contribution in [0.2, 0.25) is 0 Å². The van der Waals surface area contributed by atoms with Crippen molar-refractivity contribution in [3.63, 3.8) is 0 Å². The number of alkyl halides is 3. The topological polar surface area (TPSA) is 9.23 Å². The molecule has 4 heteroatoms. The molecule has 93 valence electrons. The molecule has 0 unspecified atom stereocenters. The van der Waals surface area contributed by atoms with Crippen LogP contribution in [0.15, 0.2) is 48.5 Å². The highest BCUT2D eigenvalue weighted by atomic mass is 19.4. The monoisotopic (exact) mass is 251 g/mol. The van der Waals surface area contributed by atoms with Gasteiger partial charge in [-0.25, -0.2) is 0 Å². The number of ether oxygens (including phenoxy) is 1. The van der Waals surface area contributed by atoms with Crippen molar-refractivity contribution in [1.82, 2.24) is 0 Å². The molecule has 0 amide bonds. The first-order chi connectivity index (χ1) is 8.47. The Balaban J connectivity index is 2.32. The second kappa shape index (κ2) is 4.72. The fraction of sp³-hybridized carbons (Fsp3) is 0.0714. The van der Waals surface area contributed by atoms with Gasteiger partial charge in [0.15, 0.2) is 0 Å². The molecule has 0 aromatic heterocycles. The van der Waals surface area contributed by atoms with E-state index >= 15 is 0 Å². The summed E-state index contributed by atoms with van der Waals surface area (Å²) in [5.41, 5.74) is -0.0184. The lowest BCUT2D eigenvalue weighted by Crippen LogP contribution is -2.06. The zero-order valence-corrected chi connectivity index (χ0v) is 9.37. The van der Waals surface area contributed by atoms with Gasteiger partial charge in [-0.2, -0.15) is 13.2 Å². The predicted octanol–water partition coefficient (Wildman–Crippen LogP) is 4.68. The highest BCUT2D eigenvalue weighted by Gasteiger charge is 2.34. The van der Waals surface area contributed by atoms with Crippen LogP contribution in [0.5, 0.6) is 11.5 Å². The smallest absolute Gasteiger partial charge is 0.419 e. The van der Waals surface area contributed by atoms with E-state index in [9.17, 15) is 13.2 Å². The van der Waals surface area contributed by atoms with Crippen LogP contribution in [0.4, 0.5) is 13.2 Å². The summed E-state index contributed by atoms with van der Waals surface area (Å²) in [6.07, 6.45) is -4.43. The van der Waals surface area contributed by atoms with E-state index in [-0.39, 0.29) is 5.75 Å². The molecule has 2 aromatic rings. The van der Waals surface area contributed by atoms with Crippen LogP contribution in [0, 0.1) is 6.92 Å². The van der Waals surface area contributed by atoms with Crippen molar-refractivity contribution >= 4 is 0 Å². The van der Waals surface area contributed by atoms with Crippen LogP contribution in [0.25, 0.3) is 0 Å². The molecule has 2 aromatic carbocycles. The van der Waals surface area contributed by atoms with Crippen molar-refractivity contribution in [3.05, 3.63) is 66.6 Å². The Kier molecular flexibility index (Phi) is 3.28. The van der Waals surface area contributed by atoms with Gasteiger partial charge in [0.25, 0.3) is 0 Å². The standard InChI is InChI=1S/C14H10F3O/c1-10-6-8-11(9-7-10)18-13-5-3-2-4-12(13)14(15,16)17/h2-9H,1H2. The van der Waals surface area contributed by atoms with Crippen molar-refractivity contribution in [3.8, 4) is 11.5 Å². The van der Waals surface area contributed by atoms with Gasteiger partial charge in [-0.05, 0) is 36.8 Å². The summed E-state index contributed by atoms with van der Waals surface area (Å²) in [7, 11) is 0. The van der Waals surface area contributed by atoms with Crippen molar-refractivity contribution < 1.29 is 17.9 Å². The fourth-order valence-electron chi connectivity index (χ4n) is 1.47. The number of rotatable bonds is 2. The second-order valence-electron chi connectivity index (χ2n) is 3.74. The molecular formula is C14H10F3O. The number of benzene rings is 2. The molecule has 1 radical (unpaired) electrons. The highest BCUT2D eigenvalue weighted by molar-refractivity contribution is 5.40. The average molecular weight is 251 g/mol. The minimum atomic E-state index is -4.43. The van der Waals surface area contributed by atoms with Gasteiger partial charge in [0.05, 0.1) is 5.56 Å². The summed E-state index contributed by atoms with van der Waals surface area (Å²) >= 11 is 0. The van der Waals surface area contributed by atoms with Crippen molar-refractivity contribution in [2.75, 3.05) is 0 Å². The quantitative estimate of drug-likeness (QED) is 0.753. The summed E-state index contributed by atoms with van der Waals surface area (Å²) in [4.78, 5) is 0. The molecule has 0 aliphatic carbocycles. The highest BCUT2D eigenvalue weighted by Crippen LogP contribution is 2.37. The largest absolute Gasteiger partial charge is 0.457 e. The lowest BCUT2D eigenvalue weighted by molar-refractivity contribution is -0.138. The maximum Gasteiger partial charge on any atom is 0.419 e. The molecule has 0 heterocycles. The first-order valence-electron chi connectivity index (χ1n) is 5.23. The zero-order valence-electron chi connectivity index (χ0n) is 9.37. The van der Waals surface area contributed by atoms with E-state index in [4.69, 9.17) is 4.74 Å². The van der Waals surface area contributed by atoms with Gasteiger partial charge < -0.3 is 4.74 Å². The van der Waals surface area contributed by atoms with E-state index in [1.807, 2.05) is 0 Å². The van der Waals surface area contributed by atoms with Crippen LogP contribution in [-0.2, 0) is 6.18 Å². The van der Waals surface area contributed by atoms with E-state index < -0.39 is 11.7 Å². The molecule has 0 aliphatic rings. The number of para-hydroxylation sites is 1. The number of hydrogen-bond donors (Lipinski definition) is 0. The van der Waals surface area contributed by atoms with E-state index in [0.717, 1.165) is 11.6 Å². The van der Waals surface area contributed by atoms with E-state index in [0.29, 0.717) is 5.75 Å². The maximum atomic E-state index is 12.7. The van der Waals surface area contributed by atoms with Gasteiger partial charge in [0.1, 0.15) is 11.5 Å². The molecular weight excluding hydrogens is 241 g/mol. The normalized spacial score (nSPS) is 11.3. The molecule has 0 saturated heterocycles. The van der Waals surface area contributed by atoms with Gasteiger partial charge in [0, 0.05) is 0 Å². The Bertz CT molecular complexity index is 529. The average Bonchev–Trinajstić information content (AvgIpc) is 2.31. The molecule has 2 rings (SSSR count). The lowest BCUT2D eigenvalue weighted by Gasteiger charge is -2.13. The van der Waals surface area contributed by atoms with Crippen LogP contribution < -0.4 is 4.74 Å². The van der Waals surface area contributed by atoms with Gasteiger partial charge >= 0.3 is 6.18 Å². The first-order valence-corrected chi connectivity index (χ1v) is 5.23. The van der Waals surface area contributed by atoms with Crippen molar-refractivity contribution in [2.24, 2.45) is 0 Å². The molecule has 0 atom stereocenters. The van der Waals surface area contributed by atoms with Crippen molar-refractivity contribution in [1.29, 1.82) is 0 Å². The van der Waals surface area contributed by atoms with E-state index in [1.165, 1.54) is 18.2 Å². The molecule has 0 saturated carbocycles. The zero-order chi connectivity index (χ0) is 13.2. The van der Waals surface area contributed by atoms with E-state index in [1.54, 1.807) is 24.3 Å². The minimum Gasteiger partial charge on any atom is -0.457 e. The molecule has 18 heavy (non-hydrogen) atoms. The predicted molar refractivity (Wildman–Crippen MR) is 62.4 cm³/mol. The van der Waals surface area contributed by atoms with Crippen LogP contribution in [0.3, 0.4) is 0 Å². The third-order valence-electron chi connectivity index (χ3n) is 2.34. The minimum absolute atomic E-state index is 0.207. The number of hydrogen-bond acceptors (Lipinski definition) is 1. The molecule has 1 nitrogen and oxygen atoms in total. The Hall–Kier alpha value is -1.97. The SMILES string of the molecule is [CH2]c1ccc(Oc2ccccc2C(F)(F)F)cc1. The Morgan fingerprint density at radius 3 is 2.11 bits per heavy atom. The maximum absolute atomic E-state index is 12.7. The molecule has 0 bridgehead atoms. The summed E-state index contributed by atoms with van der Waals surface area (Å²) in [6, 6.07) is 11.6. The van der Waals surface area contributed by atoms with Gasteiger partial charge in [-0.1, -0.05) is 24.3 Å². The molecule has 0 fully saturated rings. The second-order valence-corrected chi connectivity index (χ2v) is 3.74. The van der Waals surface area contributed by atoms with Crippen LogP contribution >= 0.6 is 0 Å². The van der Waals surface area contributed by atoms with E-state index in [2.05, 4.69) is 6.92 Å². The summed E-state index contributed by atoms with van der Waals surface area (Å²) < 4.78 is 43.4. The van der Waals surface area contributed by atoms with Gasteiger partial charge in [0.2, 0.25) is 0 Å². The summed E-state index contributed by atoms with van der Waals surface area (Å²) in [5.74, 6) is 0.140. The van der Waals surface area contributed by atoms with Gasteiger partial charge in [-0.3, -0.25) is 0 Å². The summed E-state index contributed by atoms with van der Waals surface area (Å²) in [5, 5.41) is 0. The molecule has 0 spiro atoms. The third kappa shape index (κ3) is 2.83. The van der Waals surface area contributed by atoms with Crippen LogP contribution in [0.1, 0.15) is 11.1 Å². The number of halogens is 3. The van der Waals surface area contributed by atoms with Crippen molar-refractivity contribution in [2.45, 2.75) is 6.18 Å². The molecule has 0 aliphatic heterocycles. The fourth-order valence-corrected chi connectivity index (χ4v) is 1.47. The lowest BCUT2D eigenvalue weighted by atomic mass is 10.2. The van der Waals surface area contributed by atoms with Gasteiger partial charge in [-0.15, -0.1) is 0 Å². The Morgan fingerprint density at radius 2 is 1.50 bits per heavy atom. The Morgan fingerprint density at radius 1 is 0.889 bits per heavy atom. The molecule has 0 N–H and O–H groups in total. The Labute approximate surface area is 103 Å². The first kappa shape index (κ1) is 12.5. The third-order valence-corrected chi connectivity index (χ3v) is 2.34. The summed E-state index contributed by atoms with van der Waals surface area (Å²) in [6.45, 7) is 3.69. The van der Waals surface area contributed by atoms with Crippen LogP contribution in [-0.4, -0.2) is 0 Å².